The predicted molar refractivity (Wildman–Crippen MR) is 148 cm³/mol. The molecule has 0 radical (unpaired) electrons. The van der Waals surface area contributed by atoms with E-state index in [9.17, 15) is 28.0 Å². The fourth-order valence-electron chi connectivity index (χ4n) is 4.82. The zero-order chi connectivity index (χ0) is 32.1. The van der Waals surface area contributed by atoms with Gasteiger partial charge in [0.15, 0.2) is 0 Å². The van der Waals surface area contributed by atoms with E-state index < -0.39 is 35.9 Å². The number of hydrogen-bond donors (Lipinski definition) is 1. The van der Waals surface area contributed by atoms with Gasteiger partial charge in [0.2, 0.25) is 5.95 Å². The highest BCUT2D eigenvalue weighted by Gasteiger charge is 2.41. The highest BCUT2D eigenvalue weighted by atomic mass is 19.4. The number of carbonyl (C=O) groups is 2. The summed E-state index contributed by atoms with van der Waals surface area (Å²) in [7, 11) is 5.34. The topological polar surface area (TPSA) is 144 Å². The standard InChI is InChI=1S/C28H29F3N6O3.CH2O2/c1-6-37(3,4)13-12-19-14-18(16-32)10-11-22(19)24-23(25(38)40-5)17(2)35(26-33-34-27(39)36(24)26)21-9-7-8-20(15-21)28(29,30)31;2-1-3/h7-11,14-15,24H,6,12-13H2,1-5H3;1H,(H,2,3)/t24-;/m1./s1. The maximum absolute atomic E-state index is 13.6. The van der Waals surface area contributed by atoms with Gasteiger partial charge in [-0.1, -0.05) is 12.1 Å². The number of nitriles is 1. The summed E-state index contributed by atoms with van der Waals surface area (Å²) in [6.45, 7) is 4.71. The Labute approximate surface area is 245 Å². The molecule has 0 aliphatic carbocycles. The Morgan fingerprint density at radius 3 is 2.51 bits per heavy atom. The number of allylic oxidation sites excluding steroid dienone is 1. The second kappa shape index (κ2) is 13.0. The number of ether oxygens (including phenoxy) is 1. The van der Waals surface area contributed by atoms with Crippen molar-refractivity contribution in [2.75, 3.05) is 39.2 Å². The molecule has 3 aromatic rings. The van der Waals surface area contributed by atoms with Gasteiger partial charge in [-0.05, 0) is 55.3 Å². The summed E-state index contributed by atoms with van der Waals surface area (Å²) in [6.07, 6.45) is -4.07. The van der Waals surface area contributed by atoms with Crippen LogP contribution in [0.1, 0.15) is 42.1 Å². The molecule has 1 aromatic heterocycles. The number of nitrogens with zero attached hydrogens (tertiary/aromatic N) is 5. The molecule has 1 aliphatic heterocycles. The SMILES string of the molecule is CC[N+](C)(C)CCc1cc(C#N)ccc1[C@@H]1C(C(=O)OC)=C(C)N(c2cccc(C(F)(F)F)c2)c2n[nH]c(=O)n21.O=C[O-]. The lowest BCUT2D eigenvalue weighted by atomic mass is 9.89. The van der Waals surface area contributed by atoms with Gasteiger partial charge in [0, 0.05) is 24.3 Å². The maximum atomic E-state index is 13.6. The number of anilines is 2. The van der Waals surface area contributed by atoms with Crippen LogP contribution >= 0.6 is 0 Å². The van der Waals surface area contributed by atoms with Crippen LogP contribution in [0.15, 0.2) is 58.5 Å². The number of rotatable bonds is 7. The van der Waals surface area contributed by atoms with Crippen molar-refractivity contribution in [3.8, 4) is 6.07 Å². The lowest BCUT2D eigenvalue weighted by Gasteiger charge is -2.36. The Morgan fingerprint density at radius 2 is 1.93 bits per heavy atom. The molecule has 0 spiro atoms. The van der Waals surface area contributed by atoms with E-state index in [0.717, 1.165) is 24.2 Å². The van der Waals surface area contributed by atoms with Crippen molar-refractivity contribution in [2.24, 2.45) is 0 Å². The number of esters is 1. The van der Waals surface area contributed by atoms with Crippen LogP contribution in [0.4, 0.5) is 24.8 Å². The Hall–Kier alpha value is -4.90. The number of halogens is 3. The Bertz CT molecular complexity index is 1630. The number of carbonyl (C=O) groups excluding carboxylic acids is 2. The van der Waals surface area contributed by atoms with Crippen molar-refractivity contribution in [3.63, 3.8) is 0 Å². The number of methoxy groups -OCH3 is 1. The van der Waals surface area contributed by atoms with Crippen molar-refractivity contribution in [1.29, 1.82) is 5.26 Å². The van der Waals surface area contributed by atoms with E-state index in [2.05, 4.69) is 37.3 Å². The van der Waals surface area contributed by atoms with Crippen LogP contribution in [0.2, 0.25) is 0 Å². The molecule has 0 saturated carbocycles. The quantitative estimate of drug-likeness (QED) is 0.248. The van der Waals surface area contributed by atoms with Crippen LogP contribution in [0.5, 0.6) is 0 Å². The number of quaternary nitrogens is 1. The number of aromatic amines is 1. The largest absolute Gasteiger partial charge is 0.554 e. The summed E-state index contributed by atoms with van der Waals surface area (Å²) < 4.78 is 47.7. The van der Waals surface area contributed by atoms with Crippen LogP contribution in [-0.2, 0) is 26.9 Å². The summed E-state index contributed by atoms with van der Waals surface area (Å²) in [5, 5.41) is 24.4. The fourth-order valence-corrected chi connectivity index (χ4v) is 4.82. The van der Waals surface area contributed by atoms with E-state index in [1.54, 1.807) is 25.1 Å². The summed E-state index contributed by atoms with van der Waals surface area (Å²) >= 11 is 0. The van der Waals surface area contributed by atoms with Crippen molar-refractivity contribution >= 4 is 24.1 Å². The van der Waals surface area contributed by atoms with Gasteiger partial charge in [-0.15, -0.1) is 5.10 Å². The van der Waals surface area contributed by atoms with Gasteiger partial charge in [-0.2, -0.15) is 18.4 Å². The van der Waals surface area contributed by atoms with E-state index in [1.165, 1.54) is 28.7 Å². The molecule has 0 unspecified atom stereocenters. The molecule has 11 nitrogen and oxygen atoms in total. The first-order valence-electron chi connectivity index (χ1n) is 13.1. The van der Waals surface area contributed by atoms with E-state index >= 15 is 0 Å². The van der Waals surface area contributed by atoms with Crippen molar-refractivity contribution < 1.29 is 37.1 Å². The lowest BCUT2D eigenvalue weighted by molar-refractivity contribution is -0.888. The second-order valence-electron chi connectivity index (χ2n) is 10.3. The van der Waals surface area contributed by atoms with Crippen LogP contribution < -0.4 is 15.7 Å². The minimum Gasteiger partial charge on any atom is -0.554 e. The monoisotopic (exact) mass is 600 g/mol. The molecular formula is C29H31F3N6O5. The Kier molecular flexibility index (Phi) is 9.82. The normalized spacial score (nSPS) is 14.8. The van der Waals surface area contributed by atoms with E-state index in [-0.39, 0.29) is 22.9 Å². The number of nitrogens with one attached hydrogen (secondary N) is 1. The van der Waals surface area contributed by atoms with Gasteiger partial charge in [-0.3, -0.25) is 4.90 Å². The highest BCUT2D eigenvalue weighted by Crippen LogP contribution is 2.43. The summed E-state index contributed by atoms with van der Waals surface area (Å²) in [4.78, 5) is 36.1. The first-order chi connectivity index (χ1) is 20.2. The van der Waals surface area contributed by atoms with Gasteiger partial charge >= 0.3 is 17.8 Å². The van der Waals surface area contributed by atoms with E-state index in [1.807, 2.05) is 0 Å². The number of likely N-dealkylation sites (N-methyl/N-ethyl adjacent to an activating group) is 1. The first kappa shape index (κ1) is 32.6. The molecule has 2 heterocycles. The zero-order valence-electron chi connectivity index (χ0n) is 24.2. The molecular weight excluding hydrogens is 569 g/mol. The molecule has 1 N–H and O–H groups in total. The number of fused-ring (bicyclic) bond motifs is 1. The lowest BCUT2D eigenvalue weighted by Crippen LogP contribution is -2.41. The summed E-state index contributed by atoms with van der Waals surface area (Å²) in [6, 6.07) is 10.7. The van der Waals surface area contributed by atoms with Gasteiger partial charge in [-0.25, -0.2) is 19.3 Å². The molecule has 0 bridgehead atoms. The zero-order valence-corrected chi connectivity index (χ0v) is 24.2. The Morgan fingerprint density at radius 1 is 1.26 bits per heavy atom. The fraction of sp³-hybridized carbons (Fsp3) is 0.345. The molecule has 1 atom stereocenters. The molecule has 2 aromatic carbocycles. The third kappa shape index (κ3) is 6.78. The predicted octanol–water partition coefficient (Wildman–Crippen LogP) is 2.65. The molecule has 43 heavy (non-hydrogen) atoms. The minimum atomic E-state index is -4.61. The van der Waals surface area contributed by atoms with Gasteiger partial charge in [0.1, 0.15) is 6.04 Å². The number of benzene rings is 2. The molecule has 0 fully saturated rings. The first-order valence-corrected chi connectivity index (χ1v) is 13.1. The summed E-state index contributed by atoms with van der Waals surface area (Å²) in [5.41, 5.74) is 0.582. The average molecular weight is 601 g/mol. The van der Waals surface area contributed by atoms with Crippen LogP contribution in [0.25, 0.3) is 0 Å². The maximum Gasteiger partial charge on any atom is 0.416 e. The Balaban J connectivity index is 0.00000162. The molecule has 0 amide bonds. The van der Waals surface area contributed by atoms with Crippen molar-refractivity contribution in [3.05, 3.63) is 86.5 Å². The van der Waals surface area contributed by atoms with Gasteiger partial charge in [0.05, 0.1) is 57.1 Å². The van der Waals surface area contributed by atoms with Crippen LogP contribution in [0, 0.1) is 11.3 Å². The van der Waals surface area contributed by atoms with Crippen LogP contribution in [-0.4, -0.2) is 66.0 Å². The number of hydrogen-bond acceptors (Lipinski definition) is 8. The third-order valence-corrected chi connectivity index (χ3v) is 7.39. The molecule has 14 heteroatoms. The van der Waals surface area contributed by atoms with E-state index in [0.29, 0.717) is 28.6 Å². The van der Waals surface area contributed by atoms with Crippen molar-refractivity contribution in [2.45, 2.75) is 32.5 Å². The van der Waals surface area contributed by atoms with Crippen molar-refractivity contribution in [1.82, 2.24) is 14.8 Å². The number of H-pyrrole nitrogens is 1. The average Bonchev–Trinajstić information content (AvgIpc) is 3.35. The third-order valence-electron chi connectivity index (χ3n) is 7.39. The van der Waals surface area contributed by atoms with E-state index in [4.69, 9.17) is 14.6 Å². The number of alkyl halides is 3. The molecule has 1 aliphatic rings. The highest BCUT2D eigenvalue weighted by molar-refractivity contribution is 5.93. The number of carboxylic acid groups (broad SMARTS) is 1. The minimum absolute atomic E-state index is 0.0134. The summed E-state index contributed by atoms with van der Waals surface area (Å²) in [5.74, 6) is -0.738. The van der Waals surface area contributed by atoms with Gasteiger partial charge in [0.25, 0.3) is 0 Å². The van der Waals surface area contributed by atoms with Gasteiger partial charge < -0.3 is 19.1 Å². The van der Waals surface area contributed by atoms with Crippen LogP contribution in [0.3, 0.4) is 0 Å². The molecule has 228 valence electrons. The second-order valence-corrected chi connectivity index (χ2v) is 10.3. The molecule has 0 saturated heterocycles. The smallest absolute Gasteiger partial charge is 0.416 e. The number of aromatic nitrogens is 3. The molecule has 4 rings (SSSR count).